The number of methoxy groups -OCH3 is 2. The van der Waals surface area contributed by atoms with Crippen LogP contribution in [0.25, 0.3) is 0 Å². The van der Waals surface area contributed by atoms with Crippen LogP contribution in [0.3, 0.4) is 0 Å². The van der Waals surface area contributed by atoms with E-state index in [1.54, 1.807) is 7.11 Å². The molecular weight excluding hydrogens is 254 g/mol. The maximum absolute atomic E-state index is 12.5. The molecule has 0 amide bonds. The van der Waals surface area contributed by atoms with Crippen LogP contribution in [0.5, 0.6) is 5.75 Å². The van der Waals surface area contributed by atoms with E-state index in [2.05, 4.69) is 11.4 Å². The molecule has 110 valence electrons. The van der Waals surface area contributed by atoms with Crippen molar-refractivity contribution in [1.82, 2.24) is 5.32 Å². The number of hydrogen-bond acceptors (Lipinski definition) is 4. The standard InChI is InChI=1S/C16H23NO3/c1-17-10-9-16(15(18)20-3)8-4-5-12-6-7-13(19-2)11-14(12)16/h6-7,11,17H,4-5,8-10H2,1-3H3. The average Bonchev–Trinajstić information content (AvgIpc) is 2.51. The fraction of sp³-hybridized carbons (Fsp3) is 0.562. The van der Waals surface area contributed by atoms with Crippen LogP contribution in [0.4, 0.5) is 0 Å². The fourth-order valence-electron chi connectivity index (χ4n) is 3.17. The number of nitrogens with one attached hydrogen (secondary N) is 1. The molecule has 1 unspecified atom stereocenters. The summed E-state index contributed by atoms with van der Waals surface area (Å²) in [5, 5.41) is 3.14. The van der Waals surface area contributed by atoms with E-state index in [4.69, 9.17) is 9.47 Å². The van der Waals surface area contributed by atoms with Gasteiger partial charge in [0.1, 0.15) is 5.75 Å². The largest absolute Gasteiger partial charge is 0.497 e. The number of rotatable bonds is 5. The summed E-state index contributed by atoms with van der Waals surface area (Å²) < 4.78 is 10.4. The molecule has 0 spiro atoms. The van der Waals surface area contributed by atoms with E-state index in [1.165, 1.54) is 12.7 Å². The zero-order chi connectivity index (χ0) is 14.6. The van der Waals surface area contributed by atoms with Gasteiger partial charge < -0.3 is 14.8 Å². The Bertz CT molecular complexity index is 487. The van der Waals surface area contributed by atoms with Gasteiger partial charge >= 0.3 is 5.97 Å². The molecule has 0 heterocycles. The molecule has 2 rings (SSSR count). The van der Waals surface area contributed by atoms with Crippen molar-refractivity contribution >= 4 is 5.97 Å². The van der Waals surface area contributed by atoms with Gasteiger partial charge in [-0.05, 0) is 62.5 Å². The number of fused-ring (bicyclic) bond motifs is 1. The highest BCUT2D eigenvalue weighted by molar-refractivity contribution is 5.84. The highest BCUT2D eigenvalue weighted by Crippen LogP contribution is 2.42. The SMILES string of the molecule is CNCCC1(C(=O)OC)CCCc2ccc(OC)cc21. The normalized spacial score (nSPS) is 21.1. The second-order valence-corrected chi connectivity index (χ2v) is 5.30. The van der Waals surface area contributed by atoms with Crippen molar-refractivity contribution in [2.24, 2.45) is 0 Å². The van der Waals surface area contributed by atoms with Gasteiger partial charge in [0.2, 0.25) is 0 Å². The number of esters is 1. The lowest BCUT2D eigenvalue weighted by molar-refractivity contribution is -0.148. The number of aryl methyl sites for hydroxylation is 1. The second-order valence-electron chi connectivity index (χ2n) is 5.30. The van der Waals surface area contributed by atoms with Gasteiger partial charge in [0.25, 0.3) is 0 Å². The number of carbonyl (C=O) groups excluding carboxylic acids is 1. The molecule has 0 bridgehead atoms. The average molecular weight is 277 g/mol. The van der Waals surface area contributed by atoms with Gasteiger partial charge in [0.15, 0.2) is 0 Å². The lowest BCUT2D eigenvalue weighted by Crippen LogP contribution is -2.42. The third kappa shape index (κ3) is 2.52. The minimum Gasteiger partial charge on any atom is -0.497 e. The van der Waals surface area contributed by atoms with E-state index in [0.29, 0.717) is 0 Å². The third-order valence-electron chi connectivity index (χ3n) is 4.26. The Kier molecular flexibility index (Phi) is 4.65. The van der Waals surface area contributed by atoms with Gasteiger partial charge in [-0.15, -0.1) is 0 Å². The molecule has 0 aliphatic heterocycles. The van der Waals surface area contributed by atoms with E-state index < -0.39 is 5.41 Å². The summed E-state index contributed by atoms with van der Waals surface area (Å²) in [5.41, 5.74) is 1.77. The predicted molar refractivity (Wildman–Crippen MR) is 78.2 cm³/mol. The van der Waals surface area contributed by atoms with E-state index in [9.17, 15) is 4.79 Å². The summed E-state index contributed by atoms with van der Waals surface area (Å²) in [6, 6.07) is 6.04. The Morgan fingerprint density at radius 2 is 2.20 bits per heavy atom. The van der Waals surface area contributed by atoms with Crippen LogP contribution in [0, 0.1) is 0 Å². The van der Waals surface area contributed by atoms with Gasteiger partial charge in [-0.2, -0.15) is 0 Å². The molecule has 1 aromatic carbocycles. The number of carbonyl (C=O) groups is 1. The predicted octanol–water partition coefficient (Wildman–Crippen LogP) is 2.05. The molecule has 0 radical (unpaired) electrons. The molecular formula is C16H23NO3. The summed E-state index contributed by atoms with van der Waals surface area (Å²) in [5.74, 6) is 0.658. The first-order valence-electron chi connectivity index (χ1n) is 7.08. The first kappa shape index (κ1) is 14.9. The zero-order valence-electron chi connectivity index (χ0n) is 12.5. The van der Waals surface area contributed by atoms with Crippen LogP contribution in [-0.4, -0.2) is 33.8 Å². The van der Waals surface area contributed by atoms with Crippen molar-refractivity contribution in [3.8, 4) is 5.75 Å². The summed E-state index contributed by atoms with van der Waals surface area (Å²) in [6.07, 6.45) is 3.60. The van der Waals surface area contributed by atoms with Crippen molar-refractivity contribution in [3.63, 3.8) is 0 Å². The molecule has 4 heteroatoms. The van der Waals surface area contributed by atoms with Crippen LogP contribution in [0.2, 0.25) is 0 Å². The molecule has 1 aliphatic carbocycles. The minimum absolute atomic E-state index is 0.137. The second kappa shape index (κ2) is 6.27. The summed E-state index contributed by atoms with van der Waals surface area (Å²) in [6.45, 7) is 0.783. The van der Waals surface area contributed by atoms with Crippen molar-refractivity contribution in [1.29, 1.82) is 0 Å². The molecule has 0 fully saturated rings. The Balaban J connectivity index is 2.50. The van der Waals surface area contributed by atoms with Gasteiger partial charge in [-0.3, -0.25) is 4.79 Å². The van der Waals surface area contributed by atoms with Crippen molar-refractivity contribution in [2.75, 3.05) is 27.8 Å². The van der Waals surface area contributed by atoms with Crippen LogP contribution in [0.15, 0.2) is 18.2 Å². The van der Waals surface area contributed by atoms with Gasteiger partial charge in [-0.25, -0.2) is 0 Å². The highest BCUT2D eigenvalue weighted by Gasteiger charge is 2.44. The monoisotopic (exact) mass is 277 g/mol. The third-order valence-corrected chi connectivity index (χ3v) is 4.26. The fourth-order valence-corrected chi connectivity index (χ4v) is 3.17. The zero-order valence-corrected chi connectivity index (χ0v) is 12.5. The Morgan fingerprint density at radius 1 is 1.40 bits per heavy atom. The highest BCUT2D eigenvalue weighted by atomic mass is 16.5. The van der Waals surface area contributed by atoms with Crippen molar-refractivity contribution in [2.45, 2.75) is 31.1 Å². The van der Waals surface area contributed by atoms with Crippen molar-refractivity contribution in [3.05, 3.63) is 29.3 Å². The molecule has 0 saturated heterocycles. The maximum Gasteiger partial charge on any atom is 0.316 e. The molecule has 1 aromatic rings. The first-order valence-corrected chi connectivity index (χ1v) is 7.08. The van der Waals surface area contributed by atoms with E-state index in [1.807, 2.05) is 19.2 Å². The van der Waals surface area contributed by atoms with Crippen LogP contribution in [0.1, 0.15) is 30.4 Å². The number of benzene rings is 1. The summed E-state index contributed by atoms with van der Waals surface area (Å²) in [7, 11) is 5.02. The lowest BCUT2D eigenvalue weighted by Gasteiger charge is -2.37. The van der Waals surface area contributed by atoms with Gasteiger partial charge in [0, 0.05) is 0 Å². The topological polar surface area (TPSA) is 47.6 Å². The van der Waals surface area contributed by atoms with Crippen LogP contribution < -0.4 is 10.1 Å². The molecule has 1 atom stereocenters. The summed E-state index contributed by atoms with van der Waals surface area (Å²) >= 11 is 0. The molecule has 0 aromatic heterocycles. The lowest BCUT2D eigenvalue weighted by atomic mass is 9.68. The molecule has 4 nitrogen and oxygen atoms in total. The van der Waals surface area contributed by atoms with Gasteiger partial charge in [0.05, 0.1) is 19.6 Å². The van der Waals surface area contributed by atoms with E-state index >= 15 is 0 Å². The molecule has 20 heavy (non-hydrogen) atoms. The Labute approximate surface area is 120 Å². The maximum atomic E-state index is 12.5. The van der Waals surface area contributed by atoms with E-state index in [0.717, 1.165) is 43.5 Å². The molecule has 1 N–H and O–H groups in total. The molecule has 1 aliphatic rings. The minimum atomic E-state index is -0.542. The number of hydrogen-bond donors (Lipinski definition) is 1. The number of ether oxygens (including phenoxy) is 2. The van der Waals surface area contributed by atoms with Gasteiger partial charge in [-0.1, -0.05) is 6.07 Å². The summed E-state index contributed by atoms with van der Waals surface area (Å²) in [4.78, 5) is 12.5. The Morgan fingerprint density at radius 3 is 2.85 bits per heavy atom. The molecule has 0 saturated carbocycles. The van der Waals surface area contributed by atoms with Crippen LogP contribution >= 0.6 is 0 Å². The quantitative estimate of drug-likeness (QED) is 0.837. The van der Waals surface area contributed by atoms with Crippen LogP contribution in [-0.2, 0) is 21.4 Å². The smallest absolute Gasteiger partial charge is 0.316 e. The Hall–Kier alpha value is -1.55. The first-order chi connectivity index (χ1) is 9.67. The van der Waals surface area contributed by atoms with E-state index in [-0.39, 0.29) is 5.97 Å². The van der Waals surface area contributed by atoms with Crippen molar-refractivity contribution < 1.29 is 14.3 Å².